The van der Waals surface area contributed by atoms with Crippen molar-refractivity contribution in [3.63, 3.8) is 0 Å². The predicted molar refractivity (Wildman–Crippen MR) is 153 cm³/mol. The van der Waals surface area contributed by atoms with E-state index in [-0.39, 0.29) is 45.9 Å². The number of nitrogens with zero attached hydrogens (tertiary/aromatic N) is 3. The van der Waals surface area contributed by atoms with Gasteiger partial charge in [-0.05, 0) is 43.3 Å². The minimum absolute atomic E-state index is 0.00386. The van der Waals surface area contributed by atoms with Crippen LogP contribution in [0.2, 0.25) is 5.02 Å². The molecule has 5 N–H and O–H groups in total. The maximum atomic E-state index is 14.9. The molecule has 1 aliphatic rings. The van der Waals surface area contributed by atoms with Crippen LogP contribution in [-0.2, 0) is 25.5 Å². The first-order valence-electron chi connectivity index (χ1n) is 12.4. The van der Waals surface area contributed by atoms with Crippen molar-refractivity contribution in [3.05, 3.63) is 88.1 Å². The van der Waals surface area contributed by atoms with Crippen LogP contribution in [0.25, 0.3) is 0 Å². The molecule has 226 valence electrons. The molecule has 2 amide bonds. The fourth-order valence-corrected chi connectivity index (χ4v) is 4.50. The summed E-state index contributed by atoms with van der Waals surface area (Å²) < 4.78 is 44.9. The van der Waals surface area contributed by atoms with Gasteiger partial charge in [0.05, 0.1) is 6.10 Å². The van der Waals surface area contributed by atoms with Gasteiger partial charge in [0.2, 0.25) is 11.8 Å². The summed E-state index contributed by atoms with van der Waals surface area (Å²) in [6.07, 6.45) is 3.12. The molecule has 0 spiro atoms. The van der Waals surface area contributed by atoms with Crippen molar-refractivity contribution in [2.75, 3.05) is 22.6 Å². The minimum Gasteiger partial charge on any atom is -0.453 e. The molecule has 1 aliphatic heterocycles. The number of nitroso groups, excluding NO2 is 1. The highest BCUT2D eigenvalue weighted by Crippen LogP contribution is 2.53. The Morgan fingerprint density at radius 2 is 1.95 bits per heavy atom. The van der Waals surface area contributed by atoms with Crippen LogP contribution in [0.15, 0.2) is 65.9 Å². The van der Waals surface area contributed by atoms with Gasteiger partial charge in [0.25, 0.3) is 0 Å². The second kappa shape index (κ2) is 13.5. The molecule has 0 fully saturated rings. The molecular weight excluding hydrogens is 615 g/mol. The van der Waals surface area contributed by atoms with Crippen LogP contribution in [0, 0.1) is 22.5 Å². The predicted octanol–water partition coefficient (Wildman–Crippen LogP) is 4.85. The molecule has 2 heterocycles. The Morgan fingerprint density at radius 1 is 1.19 bits per heavy atom. The maximum Gasteiger partial charge on any atom is 0.589 e. The molecule has 2 atom stereocenters. The molecule has 17 heteroatoms. The van der Waals surface area contributed by atoms with Crippen molar-refractivity contribution in [1.82, 2.24) is 4.98 Å². The Morgan fingerprint density at radius 3 is 2.65 bits per heavy atom. The van der Waals surface area contributed by atoms with Crippen LogP contribution >= 0.6 is 19.7 Å². The molecule has 13 nitrogen and oxygen atoms in total. The summed E-state index contributed by atoms with van der Waals surface area (Å²) in [5, 5.41) is 2.49. The van der Waals surface area contributed by atoms with E-state index in [9.17, 15) is 33.1 Å². The van der Waals surface area contributed by atoms with E-state index in [2.05, 4.69) is 19.8 Å². The first kappa shape index (κ1) is 31.8. The number of hydrogen-bond donors (Lipinski definition) is 4. The number of carbonyl (C=O) groups is 2. The fourth-order valence-electron chi connectivity index (χ4n) is 3.99. The summed E-state index contributed by atoms with van der Waals surface area (Å²) in [6.45, 7) is 1.09. The fraction of sp³-hybridized carbons (Fsp3) is 0.192. The van der Waals surface area contributed by atoms with Crippen molar-refractivity contribution in [2.24, 2.45) is 10.9 Å². The van der Waals surface area contributed by atoms with Crippen LogP contribution in [0.3, 0.4) is 0 Å². The lowest BCUT2D eigenvalue weighted by molar-refractivity contribution is -0.136. The average molecular weight is 639 g/mol. The van der Waals surface area contributed by atoms with Crippen LogP contribution in [0.4, 0.5) is 26.0 Å². The lowest BCUT2D eigenvalue weighted by Gasteiger charge is -2.32. The van der Waals surface area contributed by atoms with Gasteiger partial charge in [-0.3, -0.25) is 14.5 Å². The van der Waals surface area contributed by atoms with E-state index >= 15 is 0 Å². The number of nitrogens with one attached hydrogen (secondary N) is 1. The molecule has 2 unspecified atom stereocenters. The van der Waals surface area contributed by atoms with Gasteiger partial charge in [0.1, 0.15) is 29.2 Å². The van der Waals surface area contributed by atoms with E-state index in [1.807, 2.05) is 0 Å². The zero-order valence-corrected chi connectivity index (χ0v) is 23.8. The summed E-state index contributed by atoms with van der Waals surface area (Å²) in [4.78, 5) is 62.9. The number of nitrogens with two attached hydrogens (primary N) is 1. The van der Waals surface area contributed by atoms with Gasteiger partial charge >= 0.3 is 8.09 Å². The number of hydrogen-bond acceptors (Lipinski definition) is 11. The summed E-state index contributed by atoms with van der Waals surface area (Å²) in [5.74, 6) is -4.88. The van der Waals surface area contributed by atoms with Gasteiger partial charge in [-0.1, -0.05) is 16.5 Å². The van der Waals surface area contributed by atoms with E-state index in [1.165, 1.54) is 42.7 Å². The third kappa shape index (κ3) is 7.46. The summed E-state index contributed by atoms with van der Waals surface area (Å²) in [5.41, 5.74) is 5.51. The largest absolute Gasteiger partial charge is 0.589 e. The number of carbonyl (C=O) groups excluding carboxylic acids is 2. The SMILES string of the molecule is CCOC1C=CN(c2ccc(F)c(CO[P+](O)(O)N=O)c2)C(=O)C1C(=O)Nc1ccc(Oc2ccnc(N)c2Cl)c(F)c1. The van der Waals surface area contributed by atoms with Crippen LogP contribution in [0.1, 0.15) is 12.5 Å². The normalized spacial score (nSPS) is 16.7. The number of aromatic nitrogens is 1. The monoisotopic (exact) mass is 638 g/mol. The number of anilines is 3. The van der Waals surface area contributed by atoms with Crippen molar-refractivity contribution >= 4 is 48.7 Å². The molecule has 2 aromatic carbocycles. The Kier molecular flexibility index (Phi) is 9.96. The zero-order chi connectivity index (χ0) is 31.3. The van der Waals surface area contributed by atoms with E-state index < -0.39 is 50.2 Å². The molecule has 0 saturated carbocycles. The maximum absolute atomic E-state index is 14.9. The number of amides is 2. The lowest BCUT2D eigenvalue weighted by atomic mass is 9.95. The highest BCUT2D eigenvalue weighted by molar-refractivity contribution is 7.57. The highest BCUT2D eigenvalue weighted by atomic mass is 35.5. The van der Waals surface area contributed by atoms with Gasteiger partial charge < -0.3 is 20.5 Å². The number of rotatable bonds is 11. The van der Waals surface area contributed by atoms with Crippen LogP contribution < -0.4 is 20.7 Å². The van der Waals surface area contributed by atoms with Gasteiger partial charge in [-0.15, -0.1) is 0 Å². The van der Waals surface area contributed by atoms with Crippen LogP contribution in [0.5, 0.6) is 11.5 Å². The topological polar surface area (TPSA) is 186 Å². The smallest absolute Gasteiger partial charge is 0.453 e. The third-order valence-electron chi connectivity index (χ3n) is 6.01. The number of ether oxygens (including phenoxy) is 2. The van der Waals surface area contributed by atoms with Crippen LogP contribution in [-0.4, -0.2) is 39.3 Å². The molecule has 0 bridgehead atoms. The first-order chi connectivity index (χ1) is 20.4. The quantitative estimate of drug-likeness (QED) is 0.128. The summed E-state index contributed by atoms with van der Waals surface area (Å²) >= 11 is 6.04. The second-order valence-corrected chi connectivity index (χ2v) is 10.7. The van der Waals surface area contributed by atoms with Gasteiger partial charge in [0.15, 0.2) is 22.3 Å². The number of pyridine rings is 1. The van der Waals surface area contributed by atoms with Gasteiger partial charge in [-0.2, -0.15) is 14.3 Å². The molecule has 43 heavy (non-hydrogen) atoms. The minimum atomic E-state index is -4.58. The standard InChI is InChI=1S/C26H23ClF2N5O8P/c1-2-40-20-8-10-34(16-4-5-17(28)14(11-16)13-41-43(38,39)33-37)26(36)22(20)25(35)32-15-3-6-19(18(29)12-15)42-21-7-9-31-24(30)23(21)27/h3-12,20,22,38-39H,2,13H2,1H3,(H2-,30,31,32,35)/p+1. The first-order valence-corrected chi connectivity index (χ1v) is 14.3. The van der Waals surface area contributed by atoms with E-state index in [0.717, 1.165) is 23.1 Å². The molecule has 3 aromatic rings. The van der Waals surface area contributed by atoms with Crippen molar-refractivity contribution in [3.8, 4) is 11.5 Å². The molecule has 4 rings (SSSR count). The Bertz CT molecular complexity index is 1580. The molecule has 0 radical (unpaired) electrons. The molecule has 1 aromatic heterocycles. The average Bonchev–Trinajstić information content (AvgIpc) is 2.97. The highest BCUT2D eigenvalue weighted by Gasteiger charge is 2.41. The second-order valence-electron chi connectivity index (χ2n) is 8.84. The Labute approximate surface area is 248 Å². The van der Waals surface area contributed by atoms with Crippen molar-refractivity contribution < 1.29 is 42.2 Å². The number of benzene rings is 2. The van der Waals surface area contributed by atoms with E-state index in [1.54, 1.807) is 6.92 Å². The van der Waals surface area contributed by atoms with Crippen molar-refractivity contribution in [1.29, 1.82) is 0 Å². The van der Waals surface area contributed by atoms with E-state index in [4.69, 9.17) is 26.8 Å². The molecule has 0 saturated heterocycles. The summed E-state index contributed by atoms with van der Waals surface area (Å²) in [7, 11) is -4.58. The zero-order valence-electron chi connectivity index (χ0n) is 22.2. The van der Waals surface area contributed by atoms with Gasteiger partial charge in [-0.25, -0.2) is 13.8 Å². The van der Waals surface area contributed by atoms with Crippen molar-refractivity contribution in [2.45, 2.75) is 19.6 Å². The molecule has 0 aliphatic carbocycles. The van der Waals surface area contributed by atoms with E-state index in [0.29, 0.717) is 0 Å². The third-order valence-corrected chi connectivity index (χ3v) is 7.07. The lowest BCUT2D eigenvalue weighted by Crippen LogP contribution is -2.48. The summed E-state index contributed by atoms with van der Waals surface area (Å²) in [6, 6.07) is 8.35. The Balaban J connectivity index is 1.54. The Hall–Kier alpha value is -4.11. The number of nitrogen functional groups attached to an aromatic ring is 1. The van der Waals surface area contributed by atoms with Gasteiger partial charge in [0, 0.05) is 48.1 Å². The molecular formula is C26H24ClF2N5O8P+. The number of halogens is 3.